The van der Waals surface area contributed by atoms with E-state index in [-0.39, 0.29) is 5.41 Å². The number of benzene rings is 1. The average molecular weight is 216 g/mol. The van der Waals surface area contributed by atoms with Crippen LogP contribution in [0, 0.1) is 11.3 Å². The van der Waals surface area contributed by atoms with E-state index in [1.165, 1.54) is 5.56 Å². The molecule has 0 bridgehead atoms. The zero-order chi connectivity index (χ0) is 11.8. The summed E-state index contributed by atoms with van der Waals surface area (Å²) in [6.07, 6.45) is 3.05. The van der Waals surface area contributed by atoms with Gasteiger partial charge in [-0.05, 0) is 30.7 Å². The third kappa shape index (κ3) is 1.91. The predicted molar refractivity (Wildman–Crippen MR) is 66.7 cm³/mol. The summed E-state index contributed by atoms with van der Waals surface area (Å²) in [6, 6.07) is 8.06. The van der Waals surface area contributed by atoms with Crippen molar-refractivity contribution in [3.8, 4) is 0 Å². The van der Waals surface area contributed by atoms with Gasteiger partial charge in [0.05, 0.1) is 0 Å². The maximum Gasteiger partial charge on any atom is 0.169 e. The quantitative estimate of drug-likeness (QED) is 0.733. The van der Waals surface area contributed by atoms with Crippen molar-refractivity contribution in [3.63, 3.8) is 0 Å². The molecule has 0 heterocycles. The lowest BCUT2D eigenvalue weighted by atomic mass is 9.68. The Balaban J connectivity index is 2.34. The van der Waals surface area contributed by atoms with Gasteiger partial charge in [-0.25, -0.2) is 0 Å². The Hall–Kier alpha value is -1.11. The summed E-state index contributed by atoms with van der Waals surface area (Å²) in [5, 5.41) is 0. The molecule has 1 nitrogen and oxygen atoms in total. The minimum absolute atomic E-state index is 0.136. The van der Waals surface area contributed by atoms with Gasteiger partial charge in [0, 0.05) is 11.0 Å². The van der Waals surface area contributed by atoms with E-state index in [0.29, 0.717) is 11.7 Å². The van der Waals surface area contributed by atoms with E-state index >= 15 is 0 Å². The van der Waals surface area contributed by atoms with Crippen LogP contribution in [0.3, 0.4) is 0 Å². The molecule has 2 rings (SSSR count). The second-order valence-electron chi connectivity index (χ2n) is 5.64. The molecule has 0 aromatic heterocycles. The molecule has 0 amide bonds. The molecule has 0 spiro atoms. The van der Waals surface area contributed by atoms with E-state index in [0.717, 1.165) is 24.8 Å². The number of rotatable bonds is 2. The summed E-state index contributed by atoms with van der Waals surface area (Å²) < 4.78 is 0. The van der Waals surface area contributed by atoms with Gasteiger partial charge < -0.3 is 0 Å². The maximum absolute atomic E-state index is 12.5. The Morgan fingerprint density at radius 2 is 2.00 bits per heavy atom. The van der Waals surface area contributed by atoms with Crippen LogP contribution in [-0.2, 0) is 6.42 Å². The number of aryl methyl sites for hydroxylation is 1. The fourth-order valence-corrected chi connectivity index (χ4v) is 2.90. The van der Waals surface area contributed by atoms with Gasteiger partial charge in [0.25, 0.3) is 0 Å². The smallest absolute Gasteiger partial charge is 0.169 e. The highest BCUT2D eigenvalue weighted by Gasteiger charge is 2.38. The van der Waals surface area contributed by atoms with Gasteiger partial charge in [-0.1, -0.05) is 45.0 Å². The van der Waals surface area contributed by atoms with Crippen LogP contribution >= 0.6 is 0 Å². The number of fused-ring (bicyclic) bond motifs is 1. The van der Waals surface area contributed by atoms with Crippen molar-refractivity contribution in [2.45, 2.75) is 40.0 Å². The predicted octanol–water partition coefficient (Wildman–Crippen LogP) is 3.87. The van der Waals surface area contributed by atoms with Crippen LogP contribution in [-0.4, -0.2) is 5.78 Å². The van der Waals surface area contributed by atoms with Gasteiger partial charge >= 0.3 is 0 Å². The number of carbonyl (C=O) groups is 1. The van der Waals surface area contributed by atoms with Crippen LogP contribution < -0.4 is 0 Å². The third-order valence-corrected chi connectivity index (χ3v) is 3.62. The number of carbonyl (C=O) groups excluding carboxylic acids is 1. The first-order valence-electron chi connectivity index (χ1n) is 6.16. The first-order chi connectivity index (χ1) is 7.53. The molecular formula is C15H20O. The third-order valence-electron chi connectivity index (χ3n) is 3.62. The number of ketones is 1. The van der Waals surface area contributed by atoms with Crippen LogP contribution in [0.15, 0.2) is 24.3 Å². The van der Waals surface area contributed by atoms with Crippen LogP contribution in [0.2, 0.25) is 0 Å². The van der Waals surface area contributed by atoms with Gasteiger partial charge in [-0.15, -0.1) is 0 Å². The monoisotopic (exact) mass is 216 g/mol. The maximum atomic E-state index is 12.5. The van der Waals surface area contributed by atoms with E-state index in [9.17, 15) is 4.79 Å². The van der Waals surface area contributed by atoms with E-state index < -0.39 is 0 Å². The summed E-state index contributed by atoms with van der Waals surface area (Å²) in [4.78, 5) is 12.5. The van der Waals surface area contributed by atoms with Crippen molar-refractivity contribution in [1.29, 1.82) is 0 Å². The van der Waals surface area contributed by atoms with Gasteiger partial charge in [0.2, 0.25) is 0 Å². The van der Waals surface area contributed by atoms with Gasteiger partial charge in [0.1, 0.15) is 0 Å². The van der Waals surface area contributed by atoms with E-state index in [2.05, 4.69) is 26.8 Å². The molecule has 16 heavy (non-hydrogen) atoms. The highest BCUT2D eigenvalue weighted by atomic mass is 16.1. The summed E-state index contributed by atoms with van der Waals surface area (Å²) in [5.74, 6) is 0.933. The second-order valence-corrected chi connectivity index (χ2v) is 5.64. The second kappa shape index (κ2) is 4.04. The minimum Gasteiger partial charge on any atom is -0.294 e. The van der Waals surface area contributed by atoms with Crippen LogP contribution in [0.1, 0.15) is 49.5 Å². The van der Waals surface area contributed by atoms with Crippen molar-refractivity contribution in [2.75, 3.05) is 0 Å². The Kier molecular flexibility index (Phi) is 2.88. The molecule has 1 aromatic carbocycles. The van der Waals surface area contributed by atoms with E-state index in [1.807, 2.05) is 18.2 Å². The number of hydrogen-bond donors (Lipinski definition) is 0. The SMILES string of the molecule is CC(C)CC1(C)CCc2ccccc2C1=O. The molecule has 0 radical (unpaired) electrons. The molecule has 1 unspecified atom stereocenters. The lowest BCUT2D eigenvalue weighted by Crippen LogP contribution is -2.34. The molecule has 0 aliphatic heterocycles. The molecular weight excluding hydrogens is 196 g/mol. The highest BCUT2D eigenvalue weighted by molar-refractivity contribution is 6.02. The van der Waals surface area contributed by atoms with Crippen molar-refractivity contribution in [2.24, 2.45) is 11.3 Å². The normalized spacial score (nSPS) is 24.6. The Morgan fingerprint density at radius 3 is 2.69 bits per heavy atom. The van der Waals surface area contributed by atoms with Crippen LogP contribution in [0.4, 0.5) is 0 Å². The minimum atomic E-state index is -0.136. The first kappa shape index (κ1) is 11.4. The highest BCUT2D eigenvalue weighted by Crippen LogP contribution is 2.39. The standard InChI is InChI=1S/C15H20O/c1-11(2)10-15(3)9-8-12-6-4-5-7-13(12)14(15)16/h4-7,11H,8-10H2,1-3H3. The largest absolute Gasteiger partial charge is 0.294 e. The molecule has 0 saturated heterocycles. The molecule has 1 heteroatoms. The van der Waals surface area contributed by atoms with Gasteiger partial charge in [-0.2, -0.15) is 0 Å². The van der Waals surface area contributed by atoms with Crippen molar-refractivity contribution < 1.29 is 4.79 Å². The first-order valence-corrected chi connectivity index (χ1v) is 6.16. The van der Waals surface area contributed by atoms with E-state index in [4.69, 9.17) is 0 Å². The fourth-order valence-electron chi connectivity index (χ4n) is 2.90. The van der Waals surface area contributed by atoms with Crippen molar-refractivity contribution >= 4 is 5.78 Å². The molecule has 1 atom stereocenters. The van der Waals surface area contributed by atoms with Gasteiger partial charge in [-0.3, -0.25) is 4.79 Å². The van der Waals surface area contributed by atoms with Crippen molar-refractivity contribution in [1.82, 2.24) is 0 Å². The molecule has 0 fully saturated rings. The summed E-state index contributed by atoms with van der Waals surface area (Å²) in [5.41, 5.74) is 2.05. The van der Waals surface area contributed by atoms with Crippen LogP contribution in [0.25, 0.3) is 0 Å². The number of Topliss-reactive ketones (excluding diaryl/α,β-unsaturated/α-hetero) is 1. The molecule has 1 aliphatic rings. The summed E-state index contributed by atoms with van der Waals surface area (Å²) in [6.45, 7) is 6.52. The Labute approximate surface area is 97.9 Å². The lowest BCUT2D eigenvalue weighted by molar-refractivity contribution is 0.0746. The lowest BCUT2D eigenvalue weighted by Gasteiger charge is -2.34. The molecule has 1 aromatic rings. The zero-order valence-corrected chi connectivity index (χ0v) is 10.4. The molecule has 0 saturated carbocycles. The fraction of sp³-hybridized carbons (Fsp3) is 0.533. The van der Waals surface area contributed by atoms with Crippen molar-refractivity contribution in [3.05, 3.63) is 35.4 Å². The zero-order valence-electron chi connectivity index (χ0n) is 10.4. The number of hydrogen-bond acceptors (Lipinski definition) is 1. The summed E-state index contributed by atoms with van der Waals surface area (Å²) in [7, 11) is 0. The average Bonchev–Trinajstić information content (AvgIpc) is 2.24. The molecule has 1 aliphatic carbocycles. The van der Waals surface area contributed by atoms with Crippen LogP contribution in [0.5, 0.6) is 0 Å². The Morgan fingerprint density at radius 1 is 1.31 bits per heavy atom. The topological polar surface area (TPSA) is 17.1 Å². The Bertz CT molecular complexity index is 406. The van der Waals surface area contributed by atoms with E-state index in [1.54, 1.807) is 0 Å². The summed E-state index contributed by atoms with van der Waals surface area (Å²) >= 11 is 0. The molecule has 86 valence electrons. The molecule has 0 N–H and O–H groups in total. The van der Waals surface area contributed by atoms with Gasteiger partial charge in [0.15, 0.2) is 5.78 Å².